The van der Waals surface area contributed by atoms with Crippen LogP contribution in [0, 0.1) is 0 Å². The van der Waals surface area contributed by atoms with E-state index in [1.54, 1.807) is 0 Å². The van der Waals surface area contributed by atoms with E-state index in [1.807, 2.05) is 32.0 Å². The first-order valence-electron chi connectivity index (χ1n) is 13.4. The minimum absolute atomic E-state index is 0.0436. The van der Waals surface area contributed by atoms with Crippen LogP contribution in [0.5, 0.6) is 0 Å². The topological polar surface area (TPSA) is 72.4 Å². The summed E-state index contributed by atoms with van der Waals surface area (Å²) in [6, 6.07) is 15.9. The number of ether oxygens (including phenoxy) is 1. The highest BCUT2D eigenvalue weighted by Crippen LogP contribution is 2.45. The van der Waals surface area contributed by atoms with Crippen molar-refractivity contribution in [3.8, 4) is 11.3 Å². The molecule has 5 rings (SSSR count). The fraction of sp³-hybridized carbons (Fsp3) is 0.467. The Morgan fingerprint density at radius 3 is 2.56 bits per heavy atom. The van der Waals surface area contributed by atoms with Crippen molar-refractivity contribution in [2.45, 2.75) is 70.1 Å². The zero-order valence-electron chi connectivity index (χ0n) is 21.3. The van der Waals surface area contributed by atoms with Gasteiger partial charge in [-0.2, -0.15) is 0 Å². The van der Waals surface area contributed by atoms with E-state index in [-0.39, 0.29) is 18.1 Å². The number of benzene rings is 2. The van der Waals surface area contributed by atoms with Crippen molar-refractivity contribution in [2.24, 2.45) is 0 Å². The third kappa shape index (κ3) is 4.84. The predicted molar refractivity (Wildman–Crippen MR) is 144 cm³/mol. The molecule has 0 radical (unpaired) electrons. The Bertz CT molecular complexity index is 1210. The molecular weight excluding hydrogens is 450 g/mol. The van der Waals surface area contributed by atoms with Crippen LogP contribution in [0.2, 0.25) is 0 Å². The van der Waals surface area contributed by atoms with Crippen molar-refractivity contribution >= 4 is 23.1 Å². The van der Waals surface area contributed by atoms with Gasteiger partial charge in [0.15, 0.2) is 0 Å². The van der Waals surface area contributed by atoms with Gasteiger partial charge in [-0.25, -0.2) is 0 Å². The van der Waals surface area contributed by atoms with Gasteiger partial charge >= 0.3 is 0 Å². The molecule has 0 spiro atoms. The third-order valence-corrected chi connectivity index (χ3v) is 7.56. The largest absolute Gasteiger partial charge is 0.373 e. The van der Waals surface area contributed by atoms with Crippen LogP contribution in [0.1, 0.15) is 73.8 Å². The molecule has 2 atom stereocenters. The van der Waals surface area contributed by atoms with Gasteiger partial charge in [0.1, 0.15) is 12.3 Å². The maximum Gasteiger partial charge on any atom is 0.251 e. The minimum atomic E-state index is -0.503. The molecule has 2 unspecified atom stereocenters. The Kier molecular flexibility index (Phi) is 7.54. The number of hydrogen-bond donors (Lipinski definition) is 2. The van der Waals surface area contributed by atoms with Gasteiger partial charge in [0, 0.05) is 30.1 Å². The molecule has 3 aromatic rings. The summed E-state index contributed by atoms with van der Waals surface area (Å²) in [7, 11) is 0. The number of aldehydes is 1. The molecule has 1 aliphatic heterocycles. The van der Waals surface area contributed by atoms with Gasteiger partial charge in [-0.1, -0.05) is 55.7 Å². The van der Waals surface area contributed by atoms with Crippen molar-refractivity contribution in [1.82, 2.24) is 15.2 Å². The summed E-state index contributed by atoms with van der Waals surface area (Å²) in [6.45, 7) is 5.90. The Labute approximate surface area is 213 Å². The molecule has 2 N–H and O–H groups in total. The summed E-state index contributed by atoms with van der Waals surface area (Å²) in [5.74, 6) is 0.323. The number of nitrogens with zero attached hydrogens (tertiary/aromatic N) is 1. The number of fused-ring (bicyclic) bond motifs is 1. The molecule has 2 heterocycles. The Balaban J connectivity index is 1.78. The van der Waals surface area contributed by atoms with Crippen LogP contribution in [0.25, 0.3) is 22.2 Å². The summed E-state index contributed by atoms with van der Waals surface area (Å²) in [5, 5.41) is 7.54. The first-order chi connectivity index (χ1) is 17.6. The monoisotopic (exact) mass is 487 g/mol. The summed E-state index contributed by atoms with van der Waals surface area (Å²) in [4.78, 5) is 25.8. The molecule has 2 aromatic carbocycles. The molecule has 1 aliphatic carbocycles. The second-order valence-electron chi connectivity index (χ2n) is 10.4. The van der Waals surface area contributed by atoms with Crippen LogP contribution in [0.15, 0.2) is 48.5 Å². The van der Waals surface area contributed by atoms with Gasteiger partial charge in [0.05, 0.1) is 23.9 Å². The molecule has 1 amide bonds. The van der Waals surface area contributed by atoms with Crippen LogP contribution >= 0.6 is 0 Å². The van der Waals surface area contributed by atoms with Crippen LogP contribution in [0.3, 0.4) is 0 Å². The molecule has 6 heteroatoms. The first-order valence-corrected chi connectivity index (χ1v) is 13.4. The van der Waals surface area contributed by atoms with Gasteiger partial charge in [-0.05, 0) is 55.9 Å². The lowest BCUT2D eigenvalue weighted by Crippen LogP contribution is -2.44. The van der Waals surface area contributed by atoms with E-state index in [2.05, 4.69) is 45.5 Å². The van der Waals surface area contributed by atoms with Gasteiger partial charge in [0.25, 0.3) is 5.91 Å². The van der Waals surface area contributed by atoms with Crippen LogP contribution < -0.4 is 10.6 Å². The summed E-state index contributed by atoms with van der Waals surface area (Å²) in [5.41, 5.74) is 5.03. The molecule has 6 nitrogen and oxygen atoms in total. The van der Waals surface area contributed by atoms with E-state index >= 15 is 0 Å². The van der Waals surface area contributed by atoms with Crippen LogP contribution in [0.4, 0.5) is 0 Å². The average molecular weight is 488 g/mol. The number of nitrogens with one attached hydrogen (secondary N) is 2. The van der Waals surface area contributed by atoms with Crippen LogP contribution in [-0.4, -0.2) is 48.6 Å². The van der Waals surface area contributed by atoms with Gasteiger partial charge in [0.2, 0.25) is 0 Å². The molecule has 190 valence electrons. The van der Waals surface area contributed by atoms with Crippen molar-refractivity contribution in [2.75, 3.05) is 19.7 Å². The number of carbonyl (C=O) groups excluding carboxylic acids is 2. The third-order valence-electron chi connectivity index (χ3n) is 7.56. The number of hydrogen-bond acceptors (Lipinski definition) is 4. The zero-order chi connectivity index (χ0) is 25.1. The zero-order valence-corrected chi connectivity index (χ0v) is 21.3. The summed E-state index contributed by atoms with van der Waals surface area (Å²) < 4.78 is 8.29. The van der Waals surface area contributed by atoms with E-state index in [4.69, 9.17) is 4.74 Å². The second kappa shape index (κ2) is 11.0. The highest BCUT2D eigenvalue weighted by Gasteiger charge is 2.33. The van der Waals surface area contributed by atoms with Gasteiger partial charge < -0.3 is 24.7 Å². The van der Waals surface area contributed by atoms with Crippen LogP contribution in [-0.2, 0) is 9.53 Å². The lowest BCUT2D eigenvalue weighted by Gasteiger charge is -2.31. The molecule has 2 fully saturated rings. The smallest absolute Gasteiger partial charge is 0.251 e. The number of aromatic nitrogens is 1. The second-order valence-corrected chi connectivity index (χ2v) is 10.4. The number of morpholine rings is 1. The Morgan fingerprint density at radius 1 is 1.11 bits per heavy atom. The normalized spacial score (nSPS) is 19.9. The molecule has 0 bridgehead atoms. The van der Waals surface area contributed by atoms with Gasteiger partial charge in [-0.3, -0.25) is 4.79 Å². The first kappa shape index (κ1) is 24.7. The lowest BCUT2D eigenvalue weighted by molar-refractivity contribution is -0.115. The molecule has 36 heavy (non-hydrogen) atoms. The predicted octanol–water partition coefficient (Wildman–Crippen LogP) is 5.22. The molecule has 2 aliphatic rings. The lowest BCUT2D eigenvalue weighted by atomic mass is 9.81. The summed E-state index contributed by atoms with van der Waals surface area (Å²) >= 11 is 0. The molecule has 1 saturated carbocycles. The number of amides is 1. The highest BCUT2D eigenvalue weighted by atomic mass is 16.5. The van der Waals surface area contributed by atoms with Crippen molar-refractivity contribution < 1.29 is 14.3 Å². The van der Waals surface area contributed by atoms with E-state index < -0.39 is 6.04 Å². The van der Waals surface area contributed by atoms with Gasteiger partial charge in [-0.15, -0.1) is 0 Å². The summed E-state index contributed by atoms with van der Waals surface area (Å²) in [6.07, 6.45) is 6.73. The maximum atomic E-state index is 13.0. The molecule has 1 aromatic heterocycles. The standard InChI is InChI=1S/C30H37N3O3/c1-20(2)32-30(35)23-13-14-24-25(17-23)33(26(19-34)27-18-31-15-16-36-27)29(22-11-7-4-8-12-22)28(24)21-9-5-3-6-10-21/h4,7-8,11-14,17,19-21,26-27,31H,3,5-6,9-10,15-16,18H2,1-2H3,(H,32,35). The molecule has 1 saturated heterocycles. The number of rotatable bonds is 7. The van der Waals surface area contributed by atoms with Crippen molar-refractivity contribution in [3.05, 3.63) is 59.7 Å². The molecular formula is C30H37N3O3. The fourth-order valence-corrected chi connectivity index (χ4v) is 5.95. The van der Waals surface area contributed by atoms with E-state index in [0.29, 0.717) is 24.6 Å². The highest BCUT2D eigenvalue weighted by molar-refractivity contribution is 6.01. The van der Waals surface area contributed by atoms with E-state index in [9.17, 15) is 9.59 Å². The fourth-order valence-electron chi connectivity index (χ4n) is 5.95. The SMILES string of the molecule is CC(C)NC(=O)c1ccc2c(C3CCCCC3)c(-c3ccccc3)n(C(C=O)C3CNCCO3)c2c1. The minimum Gasteiger partial charge on any atom is -0.373 e. The maximum absolute atomic E-state index is 13.0. The Morgan fingerprint density at radius 2 is 1.89 bits per heavy atom. The van der Waals surface area contributed by atoms with E-state index in [1.165, 1.54) is 24.8 Å². The van der Waals surface area contributed by atoms with Crippen molar-refractivity contribution in [1.29, 1.82) is 0 Å². The van der Waals surface area contributed by atoms with Crippen molar-refractivity contribution in [3.63, 3.8) is 0 Å². The number of carbonyl (C=O) groups is 2. The van der Waals surface area contributed by atoms with E-state index in [0.717, 1.165) is 47.8 Å². The quantitative estimate of drug-likeness (QED) is 0.448. The average Bonchev–Trinajstić information content (AvgIpc) is 3.25. The Hall–Kier alpha value is -2.96.